The molecule has 0 aromatic heterocycles. The fourth-order valence-corrected chi connectivity index (χ4v) is 3.35. The van der Waals surface area contributed by atoms with Gasteiger partial charge in [0.1, 0.15) is 0 Å². The highest BCUT2D eigenvalue weighted by atomic mass is 32.2. The van der Waals surface area contributed by atoms with Crippen molar-refractivity contribution in [2.75, 3.05) is 32.6 Å². The van der Waals surface area contributed by atoms with Crippen LogP contribution in [0.25, 0.3) is 0 Å². The highest BCUT2D eigenvalue weighted by molar-refractivity contribution is 7.98. The second kappa shape index (κ2) is 7.13. The van der Waals surface area contributed by atoms with Crippen LogP contribution in [0.5, 0.6) is 0 Å². The van der Waals surface area contributed by atoms with Crippen LogP contribution < -0.4 is 5.32 Å². The van der Waals surface area contributed by atoms with Crippen molar-refractivity contribution in [2.45, 2.75) is 11.4 Å². The Morgan fingerprint density at radius 1 is 1.39 bits per heavy atom. The van der Waals surface area contributed by atoms with Crippen LogP contribution in [0, 0.1) is 0 Å². The van der Waals surface area contributed by atoms with E-state index in [1.165, 1.54) is 4.31 Å². The highest BCUT2D eigenvalue weighted by Crippen LogP contribution is 2.16. The predicted octanol–water partition coefficient (Wildman–Crippen LogP) is 1.39. The molecule has 0 radical (unpaired) electrons. The van der Waals surface area contributed by atoms with Crippen LogP contribution >= 0.6 is 11.8 Å². The lowest BCUT2D eigenvalue weighted by Gasteiger charge is -2.17. The van der Waals surface area contributed by atoms with Crippen molar-refractivity contribution < 1.29 is 8.42 Å². The molecule has 0 spiro atoms. The van der Waals surface area contributed by atoms with E-state index in [2.05, 4.69) is 5.32 Å². The van der Waals surface area contributed by atoms with Gasteiger partial charge in [-0.15, -0.1) is 0 Å². The molecule has 102 valence electrons. The molecule has 18 heavy (non-hydrogen) atoms. The van der Waals surface area contributed by atoms with Crippen LogP contribution in [0.1, 0.15) is 5.56 Å². The molecule has 0 aliphatic carbocycles. The first-order valence-corrected chi connectivity index (χ1v) is 8.54. The molecule has 1 rings (SSSR count). The van der Waals surface area contributed by atoms with Gasteiger partial charge in [-0.2, -0.15) is 11.8 Å². The Hall–Kier alpha value is -0.560. The standard InChI is InChI=1S/C12H20N2O2S2/c1-13-10-11-5-4-6-12(9-11)18(15,16)14(2)7-8-17-3/h4-6,9,13H,7-8,10H2,1-3H3. The Balaban J connectivity index is 2.93. The van der Waals surface area contributed by atoms with E-state index in [1.54, 1.807) is 37.0 Å². The molecule has 0 bridgehead atoms. The van der Waals surface area contributed by atoms with Crippen molar-refractivity contribution in [2.24, 2.45) is 0 Å². The van der Waals surface area contributed by atoms with Gasteiger partial charge in [0.2, 0.25) is 10.0 Å². The maximum atomic E-state index is 12.3. The fourth-order valence-electron chi connectivity index (χ4n) is 1.54. The van der Waals surface area contributed by atoms with E-state index in [-0.39, 0.29) is 0 Å². The molecule has 0 saturated heterocycles. The Morgan fingerprint density at radius 3 is 2.72 bits per heavy atom. The van der Waals surface area contributed by atoms with Crippen LogP contribution in [0.4, 0.5) is 0 Å². The van der Waals surface area contributed by atoms with Gasteiger partial charge in [-0.05, 0) is 31.0 Å². The zero-order valence-corrected chi connectivity index (χ0v) is 12.6. The number of hydrogen-bond acceptors (Lipinski definition) is 4. The molecule has 0 aliphatic heterocycles. The van der Waals surface area contributed by atoms with Gasteiger partial charge in [-0.3, -0.25) is 0 Å². The maximum absolute atomic E-state index is 12.3. The van der Waals surface area contributed by atoms with Crippen molar-refractivity contribution in [1.29, 1.82) is 0 Å². The maximum Gasteiger partial charge on any atom is 0.242 e. The molecule has 0 atom stereocenters. The molecule has 6 heteroatoms. The molecular formula is C12H20N2O2S2. The Labute approximate surface area is 114 Å². The summed E-state index contributed by atoms with van der Waals surface area (Å²) in [6.45, 7) is 1.19. The molecule has 1 N–H and O–H groups in total. The average Bonchev–Trinajstić information content (AvgIpc) is 2.36. The molecule has 0 aliphatic rings. The molecule has 0 amide bonds. The van der Waals surface area contributed by atoms with Gasteiger partial charge in [0.15, 0.2) is 0 Å². The van der Waals surface area contributed by atoms with Gasteiger partial charge in [0.05, 0.1) is 4.90 Å². The third-order valence-electron chi connectivity index (χ3n) is 2.60. The van der Waals surface area contributed by atoms with Crippen molar-refractivity contribution in [3.8, 4) is 0 Å². The summed E-state index contributed by atoms with van der Waals surface area (Å²) in [5.74, 6) is 0.798. The van der Waals surface area contributed by atoms with Gasteiger partial charge in [-0.1, -0.05) is 12.1 Å². The SMILES string of the molecule is CNCc1cccc(S(=O)(=O)N(C)CCSC)c1. The van der Waals surface area contributed by atoms with Crippen LogP contribution in [0.2, 0.25) is 0 Å². The number of nitrogens with zero attached hydrogens (tertiary/aromatic N) is 1. The van der Waals surface area contributed by atoms with E-state index in [0.717, 1.165) is 11.3 Å². The summed E-state index contributed by atoms with van der Waals surface area (Å²) in [5, 5.41) is 3.01. The number of thioether (sulfide) groups is 1. The second-order valence-corrected chi connectivity index (χ2v) is 7.03. The lowest BCUT2D eigenvalue weighted by Crippen LogP contribution is -2.29. The smallest absolute Gasteiger partial charge is 0.242 e. The summed E-state index contributed by atoms with van der Waals surface area (Å²) in [7, 11) is 0.101. The molecule has 4 nitrogen and oxygen atoms in total. The van der Waals surface area contributed by atoms with E-state index < -0.39 is 10.0 Å². The minimum Gasteiger partial charge on any atom is -0.316 e. The van der Waals surface area contributed by atoms with Gasteiger partial charge >= 0.3 is 0 Å². The number of rotatable bonds is 7. The van der Waals surface area contributed by atoms with Crippen LogP contribution in [0.3, 0.4) is 0 Å². The molecule has 0 saturated carbocycles. The second-order valence-electron chi connectivity index (χ2n) is 4.00. The van der Waals surface area contributed by atoms with Gasteiger partial charge in [-0.25, -0.2) is 12.7 Å². The Morgan fingerprint density at radius 2 is 2.11 bits per heavy atom. The highest BCUT2D eigenvalue weighted by Gasteiger charge is 2.20. The number of sulfonamides is 1. The van der Waals surface area contributed by atoms with E-state index in [4.69, 9.17) is 0 Å². The zero-order chi connectivity index (χ0) is 13.6. The van der Waals surface area contributed by atoms with E-state index in [1.807, 2.05) is 19.4 Å². The monoisotopic (exact) mass is 288 g/mol. The van der Waals surface area contributed by atoms with Gasteiger partial charge in [0, 0.05) is 25.9 Å². The Kier molecular flexibility index (Phi) is 6.14. The van der Waals surface area contributed by atoms with Crippen molar-refractivity contribution in [3.05, 3.63) is 29.8 Å². The summed E-state index contributed by atoms with van der Waals surface area (Å²) < 4.78 is 26.0. The number of nitrogens with one attached hydrogen (secondary N) is 1. The Bertz CT molecular complexity index is 475. The minimum absolute atomic E-state index is 0.360. The fraction of sp³-hybridized carbons (Fsp3) is 0.500. The average molecular weight is 288 g/mol. The molecule has 0 heterocycles. The zero-order valence-electron chi connectivity index (χ0n) is 11.0. The summed E-state index contributed by atoms with van der Waals surface area (Å²) >= 11 is 1.64. The summed E-state index contributed by atoms with van der Waals surface area (Å²) in [4.78, 5) is 0.360. The van der Waals surface area contributed by atoms with Gasteiger partial charge in [0.25, 0.3) is 0 Å². The molecular weight excluding hydrogens is 268 g/mol. The summed E-state index contributed by atoms with van der Waals surface area (Å²) in [5.41, 5.74) is 0.969. The van der Waals surface area contributed by atoms with E-state index >= 15 is 0 Å². The van der Waals surface area contributed by atoms with Crippen LogP contribution in [-0.4, -0.2) is 45.4 Å². The first-order valence-electron chi connectivity index (χ1n) is 5.71. The van der Waals surface area contributed by atoms with Crippen LogP contribution in [-0.2, 0) is 16.6 Å². The molecule has 1 aromatic rings. The topological polar surface area (TPSA) is 49.4 Å². The first-order chi connectivity index (χ1) is 8.52. The van der Waals surface area contributed by atoms with Crippen molar-refractivity contribution in [3.63, 3.8) is 0 Å². The largest absolute Gasteiger partial charge is 0.316 e. The quantitative estimate of drug-likeness (QED) is 0.824. The molecule has 0 fully saturated rings. The van der Waals surface area contributed by atoms with E-state index in [0.29, 0.717) is 18.0 Å². The summed E-state index contributed by atoms with van der Waals surface area (Å²) in [6, 6.07) is 7.06. The first kappa shape index (κ1) is 15.5. The lowest BCUT2D eigenvalue weighted by molar-refractivity contribution is 0.488. The predicted molar refractivity (Wildman–Crippen MR) is 77.4 cm³/mol. The minimum atomic E-state index is -3.36. The third kappa shape index (κ3) is 3.98. The lowest BCUT2D eigenvalue weighted by atomic mass is 10.2. The summed E-state index contributed by atoms with van der Waals surface area (Å²) in [6.07, 6.45) is 1.97. The number of hydrogen-bond donors (Lipinski definition) is 1. The number of benzene rings is 1. The third-order valence-corrected chi connectivity index (χ3v) is 5.04. The van der Waals surface area contributed by atoms with Crippen molar-refractivity contribution in [1.82, 2.24) is 9.62 Å². The van der Waals surface area contributed by atoms with E-state index in [9.17, 15) is 8.42 Å². The molecule has 1 aromatic carbocycles. The van der Waals surface area contributed by atoms with Crippen molar-refractivity contribution >= 4 is 21.8 Å². The van der Waals surface area contributed by atoms with Crippen LogP contribution in [0.15, 0.2) is 29.2 Å². The van der Waals surface area contributed by atoms with Gasteiger partial charge < -0.3 is 5.32 Å². The normalized spacial score (nSPS) is 12.0. The molecule has 0 unspecified atom stereocenters.